The van der Waals surface area contributed by atoms with Crippen LogP contribution in [0.3, 0.4) is 0 Å². The van der Waals surface area contributed by atoms with E-state index in [4.69, 9.17) is 5.73 Å². The fourth-order valence-corrected chi connectivity index (χ4v) is 5.17. The molecule has 4 rings (SSSR count). The molecule has 0 amide bonds. The molecule has 0 radical (unpaired) electrons. The molecule has 3 N–H and O–H groups in total. The smallest absolute Gasteiger partial charge is 0.295 e. The summed E-state index contributed by atoms with van der Waals surface area (Å²) in [4.78, 5) is 3.84. The first-order valence-corrected chi connectivity index (χ1v) is 11.9. The van der Waals surface area contributed by atoms with Gasteiger partial charge in [-0.3, -0.25) is 9.54 Å². The van der Waals surface area contributed by atoms with Gasteiger partial charge in [0.2, 0.25) is 0 Å². The van der Waals surface area contributed by atoms with E-state index in [2.05, 4.69) is 47.1 Å². The van der Waals surface area contributed by atoms with Gasteiger partial charge in [-0.15, -0.1) is 10.2 Å². The number of fused-ring (bicyclic) bond motifs is 1. The highest BCUT2D eigenvalue weighted by Gasteiger charge is 2.18. The van der Waals surface area contributed by atoms with E-state index >= 15 is 0 Å². The van der Waals surface area contributed by atoms with Gasteiger partial charge in [-0.05, 0) is 61.7 Å². The molecule has 10 heteroatoms. The summed E-state index contributed by atoms with van der Waals surface area (Å²) in [5, 5.41) is 9.20. The molecule has 31 heavy (non-hydrogen) atoms. The summed E-state index contributed by atoms with van der Waals surface area (Å²) in [6.07, 6.45) is 3.45. The Morgan fingerprint density at radius 1 is 0.903 bits per heavy atom. The standard InChI is InChI=1S/C21H14Br2N4O3S/c22-16-8-13(12-4-3-7-25-11-12)9-17(23)21(16)27-26-18-10-19(31(28,29)30)14-5-1-2-6-15(14)20(18)24/h1-11H,24H2,(H,28,29,30)/b27-26+. The van der Waals surface area contributed by atoms with Crippen molar-refractivity contribution >= 4 is 69.8 Å². The van der Waals surface area contributed by atoms with E-state index in [9.17, 15) is 13.0 Å². The zero-order valence-electron chi connectivity index (χ0n) is 15.7. The van der Waals surface area contributed by atoms with Crippen molar-refractivity contribution in [3.63, 3.8) is 0 Å². The molecule has 0 saturated carbocycles. The number of hydrogen-bond donors (Lipinski definition) is 2. The largest absolute Gasteiger partial charge is 0.396 e. The van der Waals surface area contributed by atoms with Gasteiger partial charge in [0.25, 0.3) is 10.1 Å². The Hall–Kier alpha value is -2.66. The van der Waals surface area contributed by atoms with Gasteiger partial charge in [-0.1, -0.05) is 30.3 Å². The van der Waals surface area contributed by atoms with Crippen LogP contribution >= 0.6 is 31.9 Å². The second-order valence-corrected chi connectivity index (χ2v) is 9.66. The summed E-state index contributed by atoms with van der Waals surface area (Å²) in [5.41, 5.74) is 8.94. The van der Waals surface area contributed by atoms with Crippen LogP contribution in [0.4, 0.5) is 17.1 Å². The van der Waals surface area contributed by atoms with E-state index in [1.54, 1.807) is 36.7 Å². The summed E-state index contributed by atoms with van der Waals surface area (Å²) in [7, 11) is -4.49. The molecule has 1 aromatic heterocycles. The Bertz CT molecular complexity index is 1420. The summed E-state index contributed by atoms with van der Waals surface area (Å²) < 4.78 is 34.8. The minimum Gasteiger partial charge on any atom is -0.396 e. The minimum atomic E-state index is -4.49. The van der Waals surface area contributed by atoms with Crippen LogP contribution < -0.4 is 5.73 Å². The number of pyridine rings is 1. The van der Waals surface area contributed by atoms with Crippen LogP contribution in [0, 0.1) is 0 Å². The molecular formula is C21H14Br2N4O3S. The van der Waals surface area contributed by atoms with Gasteiger partial charge in [-0.2, -0.15) is 8.42 Å². The highest BCUT2D eigenvalue weighted by atomic mass is 79.9. The van der Waals surface area contributed by atoms with E-state index in [-0.39, 0.29) is 16.3 Å². The molecule has 0 spiro atoms. The van der Waals surface area contributed by atoms with Crippen LogP contribution in [0.5, 0.6) is 0 Å². The van der Waals surface area contributed by atoms with Crippen molar-refractivity contribution in [2.75, 3.05) is 5.73 Å². The van der Waals surface area contributed by atoms with Gasteiger partial charge in [0.1, 0.15) is 16.3 Å². The van der Waals surface area contributed by atoms with Crippen molar-refractivity contribution in [1.29, 1.82) is 0 Å². The van der Waals surface area contributed by atoms with Gasteiger partial charge >= 0.3 is 0 Å². The van der Waals surface area contributed by atoms with Gasteiger partial charge in [0.15, 0.2) is 0 Å². The van der Waals surface area contributed by atoms with Gasteiger partial charge in [-0.25, -0.2) is 0 Å². The quantitative estimate of drug-likeness (QED) is 0.164. The Morgan fingerprint density at radius 3 is 2.19 bits per heavy atom. The number of nitrogen functional groups attached to an aromatic ring is 1. The topological polar surface area (TPSA) is 118 Å². The zero-order chi connectivity index (χ0) is 22.2. The number of rotatable bonds is 4. The Balaban J connectivity index is 1.81. The number of halogens is 2. The Morgan fingerprint density at radius 2 is 1.58 bits per heavy atom. The maximum atomic E-state index is 11.9. The molecule has 156 valence electrons. The molecule has 0 saturated heterocycles. The molecular weight excluding hydrogens is 548 g/mol. The molecule has 0 aliphatic rings. The number of azo groups is 1. The number of benzene rings is 3. The van der Waals surface area contributed by atoms with Crippen molar-refractivity contribution in [1.82, 2.24) is 4.98 Å². The van der Waals surface area contributed by atoms with Gasteiger partial charge in [0.05, 0.1) is 5.69 Å². The van der Waals surface area contributed by atoms with Crippen LogP contribution in [0.15, 0.2) is 91.1 Å². The molecule has 0 bridgehead atoms. The Labute approximate surface area is 195 Å². The van der Waals surface area contributed by atoms with Crippen LogP contribution in [-0.2, 0) is 10.1 Å². The predicted molar refractivity (Wildman–Crippen MR) is 127 cm³/mol. The summed E-state index contributed by atoms with van der Waals surface area (Å²) >= 11 is 7.00. The summed E-state index contributed by atoms with van der Waals surface area (Å²) in [6.45, 7) is 0. The monoisotopic (exact) mass is 560 g/mol. The lowest BCUT2D eigenvalue weighted by Gasteiger charge is -2.10. The number of nitrogens with two attached hydrogens (primary N) is 1. The molecule has 7 nitrogen and oxygen atoms in total. The third-order valence-corrected chi connectivity index (χ3v) is 6.68. The number of anilines is 1. The summed E-state index contributed by atoms with van der Waals surface area (Å²) in [5.74, 6) is 0. The fraction of sp³-hybridized carbons (Fsp3) is 0. The molecule has 0 atom stereocenters. The van der Waals surface area contributed by atoms with E-state index in [1.165, 1.54) is 6.07 Å². The van der Waals surface area contributed by atoms with Crippen LogP contribution in [0.2, 0.25) is 0 Å². The molecule has 3 aromatic carbocycles. The Kier molecular flexibility index (Phi) is 5.89. The molecule has 1 heterocycles. The number of aromatic nitrogens is 1. The highest BCUT2D eigenvalue weighted by molar-refractivity contribution is 9.11. The van der Waals surface area contributed by atoms with E-state index in [0.29, 0.717) is 25.4 Å². The van der Waals surface area contributed by atoms with Crippen molar-refractivity contribution in [3.05, 3.63) is 75.9 Å². The molecule has 0 fully saturated rings. The maximum Gasteiger partial charge on any atom is 0.295 e. The third kappa shape index (κ3) is 4.38. The van der Waals surface area contributed by atoms with Gasteiger partial charge < -0.3 is 5.73 Å². The number of nitrogens with zero attached hydrogens (tertiary/aromatic N) is 3. The van der Waals surface area contributed by atoms with Crippen molar-refractivity contribution < 1.29 is 13.0 Å². The maximum absolute atomic E-state index is 11.9. The molecule has 4 aromatic rings. The summed E-state index contributed by atoms with van der Waals surface area (Å²) in [6, 6.07) is 15.4. The van der Waals surface area contributed by atoms with E-state index < -0.39 is 10.1 Å². The highest BCUT2D eigenvalue weighted by Crippen LogP contribution is 2.41. The average molecular weight is 562 g/mol. The van der Waals surface area contributed by atoms with Crippen molar-refractivity contribution in [2.45, 2.75) is 4.90 Å². The zero-order valence-corrected chi connectivity index (χ0v) is 19.7. The minimum absolute atomic E-state index is 0.126. The second-order valence-electron chi connectivity index (χ2n) is 6.56. The van der Waals surface area contributed by atoms with Crippen LogP contribution in [0.1, 0.15) is 0 Å². The molecule has 0 aliphatic heterocycles. The van der Waals surface area contributed by atoms with Crippen LogP contribution in [-0.4, -0.2) is 18.0 Å². The van der Waals surface area contributed by atoms with E-state index in [1.807, 2.05) is 24.3 Å². The average Bonchev–Trinajstić information content (AvgIpc) is 2.74. The lowest BCUT2D eigenvalue weighted by Crippen LogP contribution is -2.01. The van der Waals surface area contributed by atoms with E-state index in [0.717, 1.165) is 11.1 Å². The third-order valence-electron chi connectivity index (χ3n) is 4.57. The lowest BCUT2D eigenvalue weighted by atomic mass is 10.1. The first-order valence-electron chi connectivity index (χ1n) is 8.85. The van der Waals surface area contributed by atoms with Crippen LogP contribution in [0.25, 0.3) is 21.9 Å². The normalized spacial score (nSPS) is 12.0. The second kappa shape index (κ2) is 8.46. The lowest BCUT2D eigenvalue weighted by molar-refractivity contribution is 0.484. The first-order chi connectivity index (χ1) is 14.8. The first kappa shape index (κ1) is 21.6. The molecule has 0 aliphatic carbocycles. The van der Waals surface area contributed by atoms with Gasteiger partial charge in [0, 0.05) is 37.7 Å². The van der Waals surface area contributed by atoms with Crippen molar-refractivity contribution in [2.24, 2.45) is 10.2 Å². The fourth-order valence-electron chi connectivity index (χ4n) is 3.11. The predicted octanol–water partition coefficient (Wildman–Crippen LogP) is 6.67. The van der Waals surface area contributed by atoms with Crippen molar-refractivity contribution in [3.8, 4) is 11.1 Å². The SMILES string of the molecule is Nc1c(/N=N/c2c(Br)cc(-c3cccnc3)cc2Br)cc(S(=O)(=O)O)c2ccccc12. The molecule has 0 unspecified atom stereocenters. The number of hydrogen-bond acceptors (Lipinski definition) is 6.